The number of rotatable bonds is 5. The minimum absolute atomic E-state index is 0.00229. The average Bonchev–Trinajstić information content (AvgIpc) is 3.24. The Labute approximate surface area is 172 Å². The van der Waals surface area contributed by atoms with Crippen LogP contribution in [0.1, 0.15) is 29.4 Å². The molecule has 2 amide bonds. The molecule has 3 rings (SSSR count). The van der Waals surface area contributed by atoms with Gasteiger partial charge in [0.1, 0.15) is 0 Å². The molecular formula is C20H21ClN2O4S. The summed E-state index contributed by atoms with van der Waals surface area (Å²) in [6.45, 7) is 2.54. The third kappa shape index (κ3) is 5.11. The van der Waals surface area contributed by atoms with Crippen LogP contribution in [-0.4, -0.2) is 41.9 Å². The second-order valence-corrected chi connectivity index (χ2v) is 8.00. The van der Waals surface area contributed by atoms with Gasteiger partial charge in [-0.25, -0.2) is 0 Å². The van der Waals surface area contributed by atoms with E-state index in [1.54, 1.807) is 42.2 Å². The number of carbonyl (C=O) groups is 3. The van der Waals surface area contributed by atoms with E-state index in [4.69, 9.17) is 16.3 Å². The fraction of sp³-hybridized carbons (Fsp3) is 0.350. The first-order valence-electron chi connectivity index (χ1n) is 9.03. The second kappa shape index (κ2) is 9.21. The summed E-state index contributed by atoms with van der Waals surface area (Å²) in [7, 11) is 0. The van der Waals surface area contributed by atoms with Crippen LogP contribution in [0.5, 0.6) is 0 Å². The predicted molar refractivity (Wildman–Crippen MR) is 109 cm³/mol. The van der Waals surface area contributed by atoms with Crippen molar-refractivity contribution in [3.63, 3.8) is 0 Å². The predicted octanol–water partition coefficient (Wildman–Crippen LogP) is 3.82. The minimum atomic E-state index is -0.908. The van der Waals surface area contributed by atoms with Crippen LogP contribution in [0, 0.1) is 5.92 Å². The molecule has 1 atom stereocenters. The Hall–Kier alpha value is -2.38. The van der Waals surface area contributed by atoms with Crippen LogP contribution in [0.3, 0.4) is 0 Å². The number of carbonyl (C=O) groups excluding carboxylic acids is 3. The number of amides is 2. The van der Waals surface area contributed by atoms with E-state index in [1.807, 2.05) is 11.4 Å². The van der Waals surface area contributed by atoms with Crippen molar-refractivity contribution >= 4 is 46.4 Å². The third-order valence-electron chi connectivity index (χ3n) is 4.62. The summed E-state index contributed by atoms with van der Waals surface area (Å²) in [5.74, 6) is -1.11. The molecule has 1 aliphatic heterocycles. The Morgan fingerprint density at radius 1 is 1.18 bits per heavy atom. The van der Waals surface area contributed by atoms with Crippen LogP contribution < -0.4 is 5.32 Å². The highest BCUT2D eigenvalue weighted by atomic mass is 35.5. The van der Waals surface area contributed by atoms with Crippen molar-refractivity contribution in [3.8, 4) is 0 Å². The average molecular weight is 421 g/mol. The molecule has 2 heterocycles. The van der Waals surface area contributed by atoms with Crippen LogP contribution in [0.4, 0.5) is 5.69 Å². The smallest absolute Gasteiger partial charge is 0.309 e. The quantitative estimate of drug-likeness (QED) is 0.746. The lowest BCUT2D eigenvalue weighted by Crippen LogP contribution is -2.41. The normalized spacial score (nSPS) is 15.7. The van der Waals surface area contributed by atoms with Crippen molar-refractivity contribution in [3.05, 3.63) is 51.7 Å². The van der Waals surface area contributed by atoms with Gasteiger partial charge in [-0.15, -0.1) is 11.3 Å². The van der Waals surface area contributed by atoms with Crippen LogP contribution in [0.2, 0.25) is 5.02 Å². The van der Waals surface area contributed by atoms with Crippen molar-refractivity contribution in [1.82, 2.24) is 4.90 Å². The van der Waals surface area contributed by atoms with E-state index in [9.17, 15) is 14.4 Å². The van der Waals surface area contributed by atoms with Gasteiger partial charge in [-0.1, -0.05) is 17.7 Å². The van der Waals surface area contributed by atoms with Gasteiger partial charge in [-0.3, -0.25) is 14.4 Å². The van der Waals surface area contributed by atoms with E-state index < -0.39 is 18.0 Å². The van der Waals surface area contributed by atoms with Crippen molar-refractivity contribution < 1.29 is 19.1 Å². The number of likely N-dealkylation sites (tertiary alicyclic amines) is 1. The first-order chi connectivity index (χ1) is 13.4. The summed E-state index contributed by atoms with van der Waals surface area (Å²) in [5, 5.41) is 5.13. The van der Waals surface area contributed by atoms with Gasteiger partial charge < -0.3 is 15.0 Å². The number of anilines is 1. The summed E-state index contributed by atoms with van der Waals surface area (Å²) in [5.41, 5.74) is 0.581. The molecule has 0 aliphatic carbocycles. The number of hydrogen-bond donors (Lipinski definition) is 1. The first kappa shape index (κ1) is 20.4. The summed E-state index contributed by atoms with van der Waals surface area (Å²) in [4.78, 5) is 39.4. The van der Waals surface area contributed by atoms with Gasteiger partial charge in [-0.2, -0.15) is 0 Å². The molecule has 1 saturated heterocycles. The maximum Gasteiger partial charge on any atom is 0.309 e. The number of hydrogen-bond acceptors (Lipinski definition) is 5. The van der Waals surface area contributed by atoms with Crippen LogP contribution in [0.15, 0.2) is 41.8 Å². The molecule has 0 spiro atoms. The zero-order valence-electron chi connectivity index (χ0n) is 15.4. The minimum Gasteiger partial charge on any atom is -0.452 e. The van der Waals surface area contributed by atoms with Gasteiger partial charge in [0.25, 0.3) is 11.8 Å². The summed E-state index contributed by atoms with van der Waals surface area (Å²) >= 11 is 7.23. The van der Waals surface area contributed by atoms with E-state index in [-0.39, 0.29) is 11.8 Å². The first-order valence-corrected chi connectivity index (χ1v) is 10.3. The van der Waals surface area contributed by atoms with Crippen LogP contribution >= 0.6 is 22.9 Å². The van der Waals surface area contributed by atoms with Gasteiger partial charge in [0, 0.05) is 23.8 Å². The zero-order valence-corrected chi connectivity index (χ0v) is 17.0. The lowest BCUT2D eigenvalue weighted by Gasteiger charge is -2.31. The molecule has 0 radical (unpaired) electrons. The van der Waals surface area contributed by atoms with Gasteiger partial charge >= 0.3 is 5.97 Å². The Balaban J connectivity index is 1.46. The number of nitrogens with one attached hydrogen (secondary N) is 1. The molecule has 2 aromatic rings. The van der Waals surface area contributed by atoms with Gasteiger partial charge in [0.15, 0.2) is 6.10 Å². The molecule has 1 aromatic carbocycles. The highest BCUT2D eigenvalue weighted by molar-refractivity contribution is 7.12. The maximum absolute atomic E-state index is 12.4. The van der Waals surface area contributed by atoms with Crippen molar-refractivity contribution in [2.45, 2.75) is 25.9 Å². The zero-order chi connectivity index (χ0) is 20.1. The molecule has 0 saturated carbocycles. The number of halogens is 1. The Morgan fingerprint density at radius 2 is 1.86 bits per heavy atom. The monoisotopic (exact) mass is 420 g/mol. The molecule has 1 aliphatic rings. The van der Waals surface area contributed by atoms with Gasteiger partial charge in [-0.05, 0) is 55.5 Å². The fourth-order valence-corrected chi connectivity index (χ4v) is 3.79. The van der Waals surface area contributed by atoms with E-state index in [1.165, 1.54) is 11.3 Å². The molecule has 148 valence electrons. The topological polar surface area (TPSA) is 75.7 Å². The van der Waals surface area contributed by atoms with Gasteiger partial charge in [0.2, 0.25) is 0 Å². The molecule has 6 nitrogen and oxygen atoms in total. The van der Waals surface area contributed by atoms with Crippen molar-refractivity contribution in [1.29, 1.82) is 0 Å². The Bertz CT molecular complexity index is 830. The second-order valence-electron chi connectivity index (χ2n) is 6.62. The van der Waals surface area contributed by atoms with E-state index in [0.29, 0.717) is 41.5 Å². The highest BCUT2D eigenvalue weighted by Crippen LogP contribution is 2.22. The SMILES string of the molecule is C[C@@H](OC(=O)C1CCN(C(=O)c2cccs2)CC1)C(=O)Nc1ccc(Cl)cc1. The summed E-state index contributed by atoms with van der Waals surface area (Å²) in [6, 6.07) is 10.3. The van der Waals surface area contributed by atoms with E-state index in [0.717, 1.165) is 0 Å². The van der Waals surface area contributed by atoms with Gasteiger partial charge in [0.05, 0.1) is 10.8 Å². The molecule has 1 aromatic heterocycles. The standard InChI is InChI=1S/C20H21ClN2O4S/c1-13(18(24)22-16-6-4-15(21)5-7-16)27-20(26)14-8-10-23(11-9-14)19(25)17-3-2-12-28-17/h2-7,12-14H,8-11H2,1H3,(H,22,24)/t13-/m1/s1. The summed E-state index contributed by atoms with van der Waals surface area (Å²) < 4.78 is 5.34. The molecule has 28 heavy (non-hydrogen) atoms. The molecule has 0 unspecified atom stereocenters. The van der Waals surface area contributed by atoms with E-state index in [2.05, 4.69) is 5.32 Å². The summed E-state index contributed by atoms with van der Waals surface area (Å²) in [6.07, 6.45) is 0.150. The number of piperidine rings is 1. The Morgan fingerprint density at radius 3 is 2.46 bits per heavy atom. The lowest BCUT2D eigenvalue weighted by molar-refractivity contribution is -0.158. The fourth-order valence-electron chi connectivity index (χ4n) is 2.98. The van der Waals surface area contributed by atoms with Crippen LogP contribution in [0.25, 0.3) is 0 Å². The number of esters is 1. The number of ether oxygens (including phenoxy) is 1. The highest BCUT2D eigenvalue weighted by Gasteiger charge is 2.31. The van der Waals surface area contributed by atoms with Crippen molar-refractivity contribution in [2.75, 3.05) is 18.4 Å². The molecule has 0 bridgehead atoms. The maximum atomic E-state index is 12.4. The number of nitrogens with zero attached hydrogens (tertiary/aromatic N) is 1. The largest absolute Gasteiger partial charge is 0.452 e. The van der Waals surface area contributed by atoms with Crippen LogP contribution in [-0.2, 0) is 14.3 Å². The number of thiophene rings is 1. The third-order valence-corrected chi connectivity index (χ3v) is 5.73. The van der Waals surface area contributed by atoms with E-state index >= 15 is 0 Å². The molecule has 1 fully saturated rings. The lowest BCUT2D eigenvalue weighted by atomic mass is 9.97. The molecule has 1 N–H and O–H groups in total. The van der Waals surface area contributed by atoms with Crippen molar-refractivity contribution in [2.24, 2.45) is 5.92 Å². The molecular weight excluding hydrogens is 400 g/mol. The Kier molecular flexibility index (Phi) is 6.70. The molecule has 8 heteroatoms. The number of benzene rings is 1.